The van der Waals surface area contributed by atoms with Gasteiger partial charge in [-0.25, -0.2) is 16.8 Å². The Morgan fingerprint density at radius 1 is 0.900 bits per heavy atom. The Morgan fingerprint density at radius 3 is 2.15 bits per heavy atom. The van der Waals surface area contributed by atoms with Crippen LogP contribution in [0.5, 0.6) is 0 Å². The summed E-state index contributed by atoms with van der Waals surface area (Å²) < 4.78 is 77.2. The predicted molar refractivity (Wildman–Crippen MR) is 139 cm³/mol. The first-order valence-electron chi connectivity index (χ1n) is 14.5. The molecule has 10 atom stereocenters. The molecule has 0 aromatic carbocycles. The molecule has 13 heteroatoms. The molecule has 0 amide bonds. The van der Waals surface area contributed by atoms with E-state index in [4.69, 9.17) is 8.37 Å². The van der Waals surface area contributed by atoms with Crippen LogP contribution in [-0.2, 0) is 29.2 Å². The molecule has 0 aliphatic heterocycles. The van der Waals surface area contributed by atoms with E-state index in [0.29, 0.717) is 42.4 Å². The van der Waals surface area contributed by atoms with Gasteiger partial charge in [0.2, 0.25) is 20.8 Å². The Kier molecular flexibility index (Phi) is 13.7. The van der Waals surface area contributed by atoms with Crippen LogP contribution >= 0.6 is 0 Å². The minimum Gasteiger partial charge on any atom is -0.726 e. The van der Waals surface area contributed by atoms with Crippen LogP contribution in [0, 0.1) is 52.3 Å². The number of fused-ring (bicyclic) bond motifs is 5. The van der Waals surface area contributed by atoms with Crippen molar-refractivity contribution in [3.05, 3.63) is 0 Å². The largest absolute Gasteiger partial charge is 1.00 e. The Hall–Kier alpha value is 1.70. The van der Waals surface area contributed by atoms with E-state index in [1.165, 1.54) is 0 Å². The van der Waals surface area contributed by atoms with Crippen LogP contribution in [0.1, 0.15) is 98.3 Å². The van der Waals surface area contributed by atoms with Gasteiger partial charge >= 0.3 is 59.1 Å². The van der Waals surface area contributed by atoms with Crippen LogP contribution in [0.2, 0.25) is 0 Å². The molecule has 222 valence electrons. The van der Waals surface area contributed by atoms with E-state index >= 15 is 0 Å². The summed E-state index contributed by atoms with van der Waals surface area (Å²) in [5.74, 6) is 2.43. The average Bonchev–Trinajstić information content (AvgIpc) is 3.12. The van der Waals surface area contributed by atoms with E-state index in [0.717, 1.165) is 57.8 Å². The van der Waals surface area contributed by atoms with Gasteiger partial charge in [0.25, 0.3) is 0 Å². The molecule has 0 unspecified atom stereocenters. The third-order valence-electron chi connectivity index (χ3n) is 11.3. The summed E-state index contributed by atoms with van der Waals surface area (Å²) in [6.07, 6.45) is 7.74. The number of hydrogen-bond acceptors (Lipinski definition) is 9. The van der Waals surface area contributed by atoms with Gasteiger partial charge in [-0.2, -0.15) is 0 Å². The fourth-order valence-corrected chi connectivity index (χ4v) is 10.5. The van der Waals surface area contributed by atoms with Crippen LogP contribution in [0.15, 0.2) is 0 Å². The quantitative estimate of drug-likeness (QED) is 0.172. The van der Waals surface area contributed by atoms with Crippen molar-refractivity contribution in [2.45, 2.75) is 111 Å². The summed E-state index contributed by atoms with van der Waals surface area (Å²) in [5, 5.41) is 10.8. The third-order valence-corrected chi connectivity index (χ3v) is 12.2. The van der Waals surface area contributed by atoms with Crippen molar-refractivity contribution in [2.75, 3.05) is 6.61 Å². The number of aliphatic hydroxyl groups is 1. The summed E-state index contributed by atoms with van der Waals surface area (Å²) in [6.45, 7) is 8.90. The molecule has 4 saturated carbocycles. The molecule has 4 fully saturated rings. The second kappa shape index (κ2) is 14.4. The van der Waals surface area contributed by atoms with Crippen molar-refractivity contribution in [2.24, 2.45) is 52.3 Å². The smallest absolute Gasteiger partial charge is 0.726 e. The monoisotopic (exact) mass is 624 g/mol. The van der Waals surface area contributed by atoms with E-state index in [9.17, 15) is 31.0 Å². The normalized spacial score (nSPS) is 40.2. The first-order chi connectivity index (χ1) is 17.5. The average molecular weight is 625 g/mol. The molecule has 0 heterocycles. The molecule has 1 N–H and O–H groups in total. The molecule has 0 aromatic rings. The van der Waals surface area contributed by atoms with E-state index in [-0.39, 0.29) is 88.4 Å². The van der Waals surface area contributed by atoms with Crippen molar-refractivity contribution in [1.82, 2.24) is 0 Å². The minimum atomic E-state index is -4.88. The fraction of sp³-hybridized carbons (Fsp3) is 1.00. The van der Waals surface area contributed by atoms with Crippen molar-refractivity contribution in [1.29, 1.82) is 0 Å². The fourth-order valence-electron chi connectivity index (χ4n) is 9.69. The van der Waals surface area contributed by atoms with Gasteiger partial charge in [0.15, 0.2) is 0 Å². The molecule has 0 aromatic heterocycles. The molecule has 0 spiro atoms. The van der Waals surface area contributed by atoms with E-state index in [1.807, 2.05) is 0 Å². The number of hydrogen-bond donors (Lipinski definition) is 1. The molecule has 9 nitrogen and oxygen atoms in total. The van der Waals surface area contributed by atoms with Gasteiger partial charge in [-0.3, -0.25) is 8.37 Å². The van der Waals surface area contributed by atoms with Crippen LogP contribution < -0.4 is 59.1 Å². The van der Waals surface area contributed by atoms with Crippen LogP contribution in [0.25, 0.3) is 0 Å². The first-order valence-corrected chi connectivity index (χ1v) is 17.1. The van der Waals surface area contributed by atoms with Crippen LogP contribution in [0.3, 0.4) is 0 Å². The maximum atomic E-state index is 11.3. The van der Waals surface area contributed by atoms with Gasteiger partial charge in [-0.05, 0) is 110 Å². The molecule has 0 saturated heterocycles. The van der Waals surface area contributed by atoms with Gasteiger partial charge in [-0.1, -0.05) is 40.5 Å². The Balaban J connectivity index is 0.00000280. The second-order valence-electron chi connectivity index (χ2n) is 13.7. The molecule has 0 radical (unpaired) electrons. The third kappa shape index (κ3) is 8.49. The molecule has 40 heavy (non-hydrogen) atoms. The standard InChI is InChI=1S/C27H48O9S2.2Na/c1-17(2)6-5-7-18(16-35-37(29,30)31)21-10-11-22-20-9-8-19-14-25(36-38(32,33)34)24(28)15-27(19,4)23(20)12-13-26(21,22)3;;/h17-25,28H,5-16H2,1-4H3,(H,29,30,31)(H,32,33,34);;/q;2*+1/p-2/t18-,19-,20-,21+,22-,23-,24-,25-,26+,27-;;/m0../s1. The van der Waals surface area contributed by atoms with Crippen molar-refractivity contribution in [3.63, 3.8) is 0 Å². The molecular formula is C27H46Na2O9S2. The number of rotatable bonds is 10. The summed E-state index contributed by atoms with van der Waals surface area (Å²) in [6, 6.07) is 0. The van der Waals surface area contributed by atoms with Gasteiger partial charge < -0.3 is 14.2 Å². The molecule has 4 rings (SSSR count). The van der Waals surface area contributed by atoms with Gasteiger partial charge in [0.1, 0.15) is 6.10 Å². The van der Waals surface area contributed by atoms with Gasteiger partial charge in [0.05, 0.1) is 12.7 Å². The van der Waals surface area contributed by atoms with Gasteiger partial charge in [0, 0.05) is 0 Å². The Morgan fingerprint density at radius 2 is 1.55 bits per heavy atom. The summed E-state index contributed by atoms with van der Waals surface area (Å²) in [7, 11) is -9.62. The maximum absolute atomic E-state index is 11.3. The SMILES string of the molecule is CC(C)CCC[C@@H](COS(=O)(=O)[O-])[C@H]1CC[C@H]2[C@@H]3CC[C@H]4C[C@H](OS(=O)(=O)[O-])[C@@H](O)C[C@]4(C)[C@H]3CC[C@]12C.[Na+].[Na+]. The molecule has 4 aliphatic rings. The zero-order chi connectivity index (χ0) is 28.1. The summed E-state index contributed by atoms with van der Waals surface area (Å²) in [4.78, 5) is 0. The van der Waals surface area contributed by atoms with Crippen molar-refractivity contribution >= 4 is 20.8 Å². The summed E-state index contributed by atoms with van der Waals surface area (Å²) >= 11 is 0. The molecule has 4 aliphatic carbocycles. The van der Waals surface area contributed by atoms with Crippen molar-refractivity contribution < 1.29 is 98.5 Å². The zero-order valence-corrected chi connectivity index (χ0v) is 30.8. The maximum Gasteiger partial charge on any atom is 1.00 e. The molecule has 0 bridgehead atoms. The zero-order valence-electron chi connectivity index (χ0n) is 25.2. The van der Waals surface area contributed by atoms with Crippen LogP contribution in [-0.4, -0.2) is 49.9 Å². The second-order valence-corrected chi connectivity index (χ2v) is 15.8. The first kappa shape index (κ1) is 37.9. The van der Waals surface area contributed by atoms with E-state index < -0.39 is 33.0 Å². The summed E-state index contributed by atoms with van der Waals surface area (Å²) in [5.41, 5.74) is -0.108. The Bertz CT molecular complexity index is 1060. The van der Waals surface area contributed by atoms with Crippen molar-refractivity contribution in [3.8, 4) is 0 Å². The topological polar surface area (TPSA) is 153 Å². The Labute approximate surface area is 286 Å². The van der Waals surface area contributed by atoms with E-state index in [2.05, 4.69) is 27.7 Å². The minimum absolute atomic E-state index is 0. The van der Waals surface area contributed by atoms with Gasteiger partial charge in [-0.15, -0.1) is 0 Å². The van der Waals surface area contributed by atoms with E-state index in [1.54, 1.807) is 0 Å². The molecular weight excluding hydrogens is 578 g/mol. The number of aliphatic hydroxyl groups excluding tert-OH is 1. The van der Waals surface area contributed by atoms with Crippen LogP contribution in [0.4, 0.5) is 0 Å². The predicted octanol–water partition coefficient (Wildman–Crippen LogP) is -1.61.